The second-order valence-corrected chi connectivity index (χ2v) is 5.64. The second-order valence-electron chi connectivity index (χ2n) is 4.58. The van der Waals surface area contributed by atoms with Crippen molar-refractivity contribution in [2.75, 3.05) is 6.61 Å². The molecule has 2 rings (SSSR count). The van der Waals surface area contributed by atoms with E-state index in [1.54, 1.807) is 11.3 Å². The monoisotopic (exact) mass is 240 g/mol. The Balaban J connectivity index is 1.89. The minimum absolute atomic E-state index is 0.347. The zero-order valence-electron chi connectivity index (χ0n) is 10.2. The Morgan fingerprint density at radius 2 is 2.44 bits per heavy atom. The molecule has 1 saturated heterocycles. The maximum absolute atomic E-state index is 5.55. The molecule has 1 aromatic rings. The molecule has 0 aromatic carbocycles. The molecule has 1 aliphatic heterocycles. The third kappa shape index (κ3) is 3.03. The van der Waals surface area contributed by atoms with Crippen molar-refractivity contribution in [3.63, 3.8) is 0 Å². The number of hydrogen-bond acceptors (Lipinski definition) is 4. The van der Waals surface area contributed by atoms with Gasteiger partial charge in [0, 0.05) is 24.1 Å². The van der Waals surface area contributed by atoms with Gasteiger partial charge in [-0.1, -0.05) is 0 Å². The van der Waals surface area contributed by atoms with Crippen molar-refractivity contribution in [2.24, 2.45) is 0 Å². The van der Waals surface area contributed by atoms with E-state index >= 15 is 0 Å². The van der Waals surface area contributed by atoms with Gasteiger partial charge in [0.05, 0.1) is 16.8 Å². The normalized spacial score (nSPS) is 27.9. The van der Waals surface area contributed by atoms with Crippen molar-refractivity contribution in [1.29, 1.82) is 0 Å². The number of nitrogens with one attached hydrogen (secondary N) is 1. The van der Waals surface area contributed by atoms with Crippen LogP contribution in [-0.4, -0.2) is 23.7 Å². The number of nitrogens with zero attached hydrogens (tertiary/aromatic N) is 1. The molecule has 0 spiro atoms. The van der Waals surface area contributed by atoms with E-state index in [1.807, 2.05) is 0 Å². The van der Waals surface area contributed by atoms with Crippen molar-refractivity contribution >= 4 is 11.3 Å². The minimum atomic E-state index is 0.347. The summed E-state index contributed by atoms with van der Waals surface area (Å²) in [5, 5.41) is 6.93. The van der Waals surface area contributed by atoms with Crippen LogP contribution in [0.5, 0.6) is 0 Å². The summed E-state index contributed by atoms with van der Waals surface area (Å²) in [6, 6.07) is 0.918. The number of hydrogen-bond donors (Lipinski definition) is 1. The standard InChI is InChI=1S/C12H20N2OS/c1-8-6-11(4-5-15-8)13-9(2)12-7-16-10(3)14-12/h7-9,11,13H,4-6H2,1-3H3. The molecule has 0 bridgehead atoms. The molecule has 1 aromatic heterocycles. The van der Waals surface area contributed by atoms with Crippen LogP contribution >= 0.6 is 11.3 Å². The number of thiazole rings is 1. The molecule has 0 saturated carbocycles. The number of ether oxygens (including phenoxy) is 1. The molecule has 0 radical (unpaired) electrons. The summed E-state index contributed by atoms with van der Waals surface area (Å²) >= 11 is 1.72. The molecule has 3 atom stereocenters. The fourth-order valence-corrected chi connectivity index (χ4v) is 2.87. The SMILES string of the molecule is Cc1nc(C(C)NC2CCOC(C)C2)cs1. The van der Waals surface area contributed by atoms with Crippen LogP contribution in [0, 0.1) is 6.92 Å². The van der Waals surface area contributed by atoms with Crippen LogP contribution in [0.1, 0.15) is 43.4 Å². The lowest BCUT2D eigenvalue weighted by atomic mass is 10.0. The van der Waals surface area contributed by atoms with Crippen molar-refractivity contribution in [2.45, 2.75) is 51.8 Å². The quantitative estimate of drug-likeness (QED) is 0.882. The molecule has 16 heavy (non-hydrogen) atoms. The van der Waals surface area contributed by atoms with Gasteiger partial charge < -0.3 is 10.1 Å². The van der Waals surface area contributed by atoms with Gasteiger partial charge in [-0.2, -0.15) is 0 Å². The summed E-state index contributed by atoms with van der Waals surface area (Å²) in [4.78, 5) is 4.52. The Labute approximate surface area is 101 Å². The molecule has 2 heterocycles. The smallest absolute Gasteiger partial charge is 0.0898 e. The summed E-state index contributed by atoms with van der Waals surface area (Å²) in [5.41, 5.74) is 1.17. The zero-order chi connectivity index (χ0) is 11.5. The predicted molar refractivity (Wildman–Crippen MR) is 66.8 cm³/mol. The van der Waals surface area contributed by atoms with Crippen molar-refractivity contribution in [3.8, 4) is 0 Å². The maximum atomic E-state index is 5.55. The Kier molecular flexibility index (Phi) is 3.95. The van der Waals surface area contributed by atoms with Gasteiger partial charge in [-0.15, -0.1) is 11.3 Å². The Morgan fingerprint density at radius 3 is 3.06 bits per heavy atom. The van der Waals surface area contributed by atoms with E-state index in [2.05, 4.69) is 36.5 Å². The highest BCUT2D eigenvalue weighted by Crippen LogP contribution is 2.20. The van der Waals surface area contributed by atoms with Gasteiger partial charge in [0.15, 0.2) is 0 Å². The second kappa shape index (κ2) is 5.25. The maximum Gasteiger partial charge on any atom is 0.0898 e. The Morgan fingerprint density at radius 1 is 1.62 bits per heavy atom. The van der Waals surface area contributed by atoms with Crippen LogP contribution in [0.2, 0.25) is 0 Å². The van der Waals surface area contributed by atoms with Crippen LogP contribution in [0.25, 0.3) is 0 Å². The molecular weight excluding hydrogens is 220 g/mol. The average Bonchev–Trinajstić information content (AvgIpc) is 2.65. The van der Waals surface area contributed by atoms with Gasteiger partial charge in [-0.25, -0.2) is 4.98 Å². The summed E-state index contributed by atoms with van der Waals surface area (Å²) in [6.45, 7) is 7.26. The van der Waals surface area contributed by atoms with Gasteiger partial charge in [-0.3, -0.25) is 0 Å². The van der Waals surface area contributed by atoms with Crippen LogP contribution in [0.15, 0.2) is 5.38 Å². The van der Waals surface area contributed by atoms with Gasteiger partial charge >= 0.3 is 0 Å². The van der Waals surface area contributed by atoms with E-state index in [0.717, 1.165) is 24.5 Å². The van der Waals surface area contributed by atoms with E-state index in [-0.39, 0.29) is 0 Å². The van der Waals surface area contributed by atoms with E-state index in [9.17, 15) is 0 Å². The molecule has 3 unspecified atom stereocenters. The molecule has 1 N–H and O–H groups in total. The highest BCUT2D eigenvalue weighted by atomic mass is 32.1. The predicted octanol–water partition coefficient (Wildman–Crippen LogP) is 2.67. The first-order valence-electron chi connectivity index (χ1n) is 5.95. The molecular formula is C12H20N2OS. The molecule has 90 valence electrons. The van der Waals surface area contributed by atoms with E-state index in [0.29, 0.717) is 18.2 Å². The van der Waals surface area contributed by atoms with E-state index < -0.39 is 0 Å². The molecule has 0 amide bonds. The summed E-state index contributed by atoms with van der Waals surface area (Å²) < 4.78 is 5.55. The molecule has 0 aliphatic carbocycles. The molecule has 3 nitrogen and oxygen atoms in total. The summed E-state index contributed by atoms with van der Waals surface area (Å²) in [5.74, 6) is 0. The fraction of sp³-hybridized carbons (Fsp3) is 0.750. The minimum Gasteiger partial charge on any atom is -0.378 e. The highest BCUT2D eigenvalue weighted by Gasteiger charge is 2.21. The first-order chi connectivity index (χ1) is 7.65. The lowest BCUT2D eigenvalue weighted by Crippen LogP contribution is -2.39. The largest absolute Gasteiger partial charge is 0.378 e. The zero-order valence-corrected chi connectivity index (χ0v) is 11.0. The summed E-state index contributed by atoms with van der Waals surface area (Å²) in [7, 11) is 0. The first kappa shape index (κ1) is 12.0. The Hall–Kier alpha value is -0.450. The van der Waals surface area contributed by atoms with Gasteiger partial charge in [-0.05, 0) is 33.6 Å². The van der Waals surface area contributed by atoms with Crippen LogP contribution < -0.4 is 5.32 Å². The van der Waals surface area contributed by atoms with Crippen molar-refractivity contribution < 1.29 is 4.74 Å². The topological polar surface area (TPSA) is 34.2 Å². The van der Waals surface area contributed by atoms with Gasteiger partial charge in [0.1, 0.15) is 0 Å². The summed E-state index contributed by atoms with van der Waals surface area (Å²) in [6.07, 6.45) is 2.60. The first-order valence-corrected chi connectivity index (χ1v) is 6.83. The van der Waals surface area contributed by atoms with E-state index in [1.165, 1.54) is 5.69 Å². The van der Waals surface area contributed by atoms with Crippen LogP contribution in [-0.2, 0) is 4.74 Å². The third-order valence-corrected chi connectivity index (χ3v) is 3.84. The molecule has 4 heteroatoms. The average molecular weight is 240 g/mol. The van der Waals surface area contributed by atoms with Gasteiger partial charge in [0.25, 0.3) is 0 Å². The number of aryl methyl sites for hydroxylation is 1. The van der Waals surface area contributed by atoms with E-state index in [4.69, 9.17) is 4.74 Å². The number of rotatable bonds is 3. The highest BCUT2D eigenvalue weighted by molar-refractivity contribution is 7.09. The van der Waals surface area contributed by atoms with Crippen molar-refractivity contribution in [1.82, 2.24) is 10.3 Å². The lowest BCUT2D eigenvalue weighted by Gasteiger charge is -2.30. The van der Waals surface area contributed by atoms with Crippen molar-refractivity contribution in [3.05, 3.63) is 16.1 Å². The number of aromatic nitrogens is 1. The lowest BCUT2D eigenvalue weighted by molar-refractivity contribution is 0.0115. The fourth-order valence-electron chi connectivity index (χ4n) is 2.17. The van der Waals surface area contributed by atoms with Gasteiger partial charge in [0.2, 0.25) is 0 Å². The molecule has 1 aliphatic rings. The third-order valence-electron chi connectivity index (χ3n) is 3.05. The van der Waals surface area contributed by atoms with Crippen LogP contribution in [0.3, 0.4) is 0 Å². The Bertz CT molecular complexity index is 340. The molecule has 1 fully saturated rings. The van der Waals surface area contributed by atoms with Crippen LogP contribution in [0.4, 0.5) is 0 Å².